The van der Waals surface area contributed by atoms with E-state index < -0.39 is 6.10 Å². The van der Waals surface area contributed by atoms with Gasteiger partial charge in [0.1, 0.15) is 4.88 Å². The van der Waals surface area contributed by atoms with Gasteiger partial charge in [-0.05, 0) is 50.7 Å². The molecule has 1 fully saturated rings. The molecule has 1 aromatic heterocycles. The molecular formula is C14H17NO3S. The highest BCUT2D eigenvalue weighted by Crippen LogP contribution is 2.31. The van der Waals surface area contributed by atoms with E-state index in [-0.39, 0.29) is 11.9 Å². The second kappa shape index (κ2) is 4.96. The van der Waals surface area contributed by atoms with Crippen molar-refractivity contribution in [2.24, 2.45) is 0 Å². The van der Waals surface area contributed by atoms with Crippen LogP contribution >= 0.6 is 11.3 Å². The van der Waals surface area contributed by atoms with Crippen LogP contribution in [0.2, 0.25) is 0 Å². The zero-order chi connectivity index (χ0) is 13.4. The van der Waals surface area contributed by atoms with Crippen molar-refractivity contribution in [2.45, 2.75) is 51.2 Å². The molecule has 0 aliphatic heterocycles. The van der Waals surface area contributed by atoms with E-state index in [2.05, 4.69) is 5.32 Å². The maximum Gasteiger partial charge on any atom is 0.349 e. The summed E-state index contributed by atoms with van der Waals surface area (Å²) in [6.45, 7) is 1.62. The molecule has 0 bridgehead atoms. The molecule has 2 aliphatic carbocycles. The predicted molar refractivity (Wildman–Crippen MR) is 72.4 cm³/mol. The fourth-order valence-corrected chi connectivity index (χ4v) is 3.38. The zero-order valence-electron chi connectivity index (χ0n) is 10.9. The average molecular weight is 279 g/mol. The van der Waals surface area contributed by atoms with E-state index in [1.54, 1.807) is 6.92 Å². The molecule has 0 saturated heterocycles. The van der Waals surface area contributed by atoms with Gasteiger partial charge in [0.25, 0.3) is 5.91 Å². The van der Waals surface area contributed by atoms with Crippen LogP contribution in [0.4, 0.5) is 0 Å². The molecule has 0 aromatic carbocycles. The Balaban J connectivity index is 1.58. The number of carbonyl (C=O) groups is 2. The Labute approximate surface area is 116 Å². The lowest BCUT2D eigenvalue weighted by molar-refractivity contribution is -0.129. The molecule has 102 valence electrons. The van der Waals surface area contributed by atoms with Gasteiger partial charge in [-0.3, -0.25) is 4.79 Å². The summed E-state index contributed by atoms with van der Waals surface area (Å²) >= 11 is 1.50. The van der Waals surface area contributed by atoms with Crippen LogP contribution in [-0.2, 0) is 22.4 Å². The first-order valence-corrected chi connectivity index (χ1v) is 7.58. The SMILES string of the molecule is CC(OC(=O)c1cc2c(s1)CCC2)C(=O)NC1CC1. The van der Waals surface area contributed by atoms with Crippen LogP contribution in [0.5, 0.6) is 0 Å². The van der Waals surface area contributed by atoms with Gasteiger partial charge in [-0.2, -0.15) is 0 Å². The molecule has 19 heavy (non-hydrogen) atoms. The Morgan fingerprint density at radius 1 is 1.42 bits per heavy atom. The normalized spacial score (nSPS) is 18.8. The molecule has 1 saturated carbocycles. The van der Waals surface area contributed by atoms with Gasteiger partial charge in [-0.25, -0.2) is 4.79 Å². The van der Waals surface area contributed by atoms with Crippen molar-refractivity contribution in [3.63, 3.8) is 0 Å². The van der Waals surface area contributed by atoms with Crippen molar-refractivity contribution >= 4 is 23.2 Å². The minimum absolute atomic E-state index is 0.194. The number of thiophene rings is 1. The van der Waals surface area contributed by atoms with Crippen LogP contribution in [0.3, 0.4) is 0 Å². The largest absolute Gasteiger partial charge is 0.448 e. The molecule has 0 spiro atoms. The number of carbonyl (C=O) groups excluding carboxylic acids is 2. The van der Waals surface area contributed by atoms with Gasteiger partial charge < -0.3 is 10.1 Å². The van der Waals surface area contributed by atoms with E-state index in [1.807, 2.05) is 6.07 Å². The monoisotopic (exact) mass is 279 g/mol. The number of esters is 1. The number of ether oxygens (including phenoxy) is 1. The Morgan fingerprint density at radius 3 is 2.89 bits per heavy atom. The fourth-order valence-electron chi connectivity index (χ4n) is 2.25. The first kappa shape index (κ1) is 12.7. The lowest BCUT2D eigenvalue weighted by Gasteiger charge is -2.12. The van der Waals surface area contributed by atoms with Gasteiger partial charge in [0, 0.05) is 10.9 Å². The summed E-state index contributed by atoms with van der Waals surface area (Å²) in [4.78, 5) is 25.6. The number of hydrogen-bond acceptors (Lipinski definition) is 4. The standard InChI is InChI=1S/C14H17NO3S/c1-8(13(16)15-10-5-6-10)18-14(17)12-7-9-3-2-4-11(9)19-12/h7-8,10H,2-6H2,1H3,(H,15,16). The second-order valence-electron chi connectivity index (χ2n) is 5.24. The van der Waals surface area contributed by atoms with E-state index in [0.29, 0.717) is 10.9 Å². The average Bonchev–Trinajstić information content (AvgIpc) is 2.91. The van der Waals surface area contributed by atoms with Crippen LogP contribution in [-0.4, -0.2) is 24.0 Å². The highest BCUT2D eigenvalue weighted by Gasteiger charge is 2.28. The third-order valence-corrected chi connectivity index (χ3v) is 4.74. The van der Waals surface area contributed by atoms with Gasteiger partial charge in [-0.15, -0.1) is 11.3 Å². The van der Waals surface area contributed by atoms with E-state index in [4.69, 9.17) is 4.74 Å². The molecule has 1 atom stereocenters. The Kier molecular flexibility index (Phi) is 3.31. The summed E-state index contributed by atoms with van der Waals surface area (Å²) < 4.78 is 5.22. The summed E-state index contributed by atoms with van der Waals surface area (Å²) in [5.41, 5.74) is 1.27. The summed E-state index contributed by atoms with van der Waals surface area (Å²) in [7, 11) is 0. The number of amides is 1. The Bertz CT molecular complexity index is 497. The summed E-state index contributed by atoms with van der Waals surface area (Å²) in [5, 5.41) is 2.84. The van der Waals surface area contributed by atoms with Crippen LogP contribution in [0.1, 0.15) is 46.3 Å². The van der Waals surface area contributed by atoms with Crippen LogP contribution in [0.25, 0.3) is 0 Å². The third-order valence-electron chi connectivity index (χ3n) is 3.52. The second-order valence-corrected chi connectivity index (χ2v) is 6.38. The molecule has 1 aromatic rings. The van der Waals surface area contributed by atoms with Crippen LogP contribution < -0.4 is 5.32 Å². The highest BCUT2D eigenvalue weighted by molar-refractivity contribution is 7.14. The fraction of sp³-hybridized carbons (Fsp3) is 0.571. The van der Waals surface area contributed by atoms with Crippen molar-refractivity contribution in [1.82, 2.24) is 5.32 Å². The Morgan fingerprint density at radius 2 is 2.21 bits per heavy atom. The molecule has 4 nitrogen and oxygen atoms in total. The van der Waals surface area contributed by atoms with Crippen LogP contribution in [0, 0.1) is 0 Å². The van der Waals surface area contributed by atoms with E-state index in [1.165, 1.54) is 28.2 Å². The minimum Gasteiger partial charge on any atom is -0.448 e. The van der Waals surface area contributed by atoms with Gasteiger partial charge in [0.05, 0.1) is 0 Å². The topological polar surface area (TPSA) is 55.4 Å². The van der Waals surface area contributed by atoms with Gasteiger partial charge in [0.15, 0.2) is 6.10 Å². The molecule has 1 N–H and O–H groups in total. The third kappa shape index (κ3) is 2.81. The van der Waals surface area contributed by atoms with Crippen molar-refractivity contribution in [1.29, 1.82) is 0 Å². The van der Waals surface area contributed by atoms with Crippen molar-refractivity contribution < 1.29 is 14.3 Å². The van der Waals surface area contributed by atoms with Gasteiger partial charge in [0.2, 0.25) is 0 Å². The molecule has 1 unspecified atom stereocenters. The van der Waals surface area contributed by atoms with Gasteiger partial charge in [-0.1, -0.05) is 0 Å². The summed E-state index contributed by atoms with van der Waals surface area (Å²) in [5.74, 6) is -0.571. The molecular weight excluding hydrogens is 262 g/mol. The quantitative estimate of drug-likeness (QED) is 0.858. The maximum absolute atomic E-state index is 12.0. The number of hydrogen-bond donors (Lipinski definition) is 1. The summed E-state index contributed by atoms with van der Waals surface area (Å²) in [6.07, 6.45) is 4.64. The molecule has 1 amide bonds. The first-order chi connectivity index (χ1) is 9.13. The molecule has 0 radical (unpaired) electrons. The number of rotatable bonds is 4. The first-order valence-electron chi connectivity index (χ1n) is 6.76. The van der Waals surface area contributed by atoms with Crippen molar-refractivity contribution in [3.05, 3.63) is 21.4 Å². The van der Waals surface area contributed by atoms with Crippen molar-refractivity contribution in [2.75, 3.05) is 0 Å². The zero-order valence-corrected chi connectivity index (χ0v) is 11.7. The van der Waals surface area contributed by atoms with E-state index >= 15 is 0 Å². The summed E-state index contributed by atoms with van der Waals surface area (Å²) in [6, 6.07) is 2.21. The number of aryl methyl sites for hydroxylation is 2. The lowest BCUT2D eigenvalue weighted by Crippen LogP contribution is -2.36. The van der Waals surface area contributed by atoms with Crippen LogP contribution in [0.15, 0.2) is 6.07 Å². The molecule has 2 aliphatic rings. The molecule has 5 heteroatoms. The van der Waals surface area contributed by atoms with E-state index in [9.17, 15) is 9.59 Å². The minimum atomic E-state index is -0.718. The maximum atomic E-state index is 12.0. The lowest BCUT2D eigenvalue weighted by atomic mass is 10.2. The van der Waals surface area contributed by atoms with Gasteiger partial charge >= 0.3 is 5.97 Å². The van der Waals surface area contributed by atoms with E-state index in [0.717, 1.165) is 25.7 Å². The number of fused-ring (bicyclic) bond motifs is 1. The van der Waals surface area contributed by atoms with Crippen molar-refractivity contribution in [3.8, 4) is 0 Å². The Hall–Kier alpha value is -1.36. The predicted octanol–water partition coefficient (Wildman–Crippen LogP) is 2.06. The molecule has 3 rings (SSSR count). The smallest absolute Gasteiger partial charge is 0.349 e. The highest BCUT2D eigenvalue weighted by atomic mass is 32.1. The molecule has 1 heterocycles. The number of nitrogens with one attached hydrogen (secondary N) is 1.